The van der Waals surface area contributed by atoms with Crippen LogP contribution < -0.4 is 10.1 Å². The molecule has 21 heavy (non-hydrogen) atoms. The van der Waals surface area contributed by atoms with Gasteiger partial charge in [-0.1, -0.05) is 46.3 Å². The lowest BCUT2D eigenvalue weighted by molar-refractivity contribution is 0.357. The Morgan fingerprint density at radius 1 is 1.24 bits per heavy atom. The van der Waals surface area contributed by atoms with Crippen LogP contribution in [-0.4, -0.2) is 13.2 Å². The van der Waals surface area contributed by atoms with Crippen LogP contribution in [0.3, 0.4) is 0 Å². The van der Waals surface area contributed by atoms with Crippen molar-refractivity contribution in [2.75, 3.05) is 13.2 Å². The summed E-state index contributed by atoms with van der Waals surface area (Å²) in [7, 11) is 0. The third-order valence-corrected chi connectivity index (χ3v) is 4.71. The molecule has 0 fully saturated rings. The lowest BCUT2D eigenvalue weighted by Gasteiger charge is -2.16. The summed E-state index contributed by atoms with van der Waals surface area (Å²) in [5, 5.41) is 3.59. The molecule has 0 unspecified atom stereocenters. The Labute approximate surface area is 134 Å². The van der Waals surface area contributed by atoms with E-state index in [1.165, 1.54) is 21.2 Å². The third kappa shape index (κ3) is 3.47. The summed E-state index contributed by atoms with van der Waals surface area (Å²) in [6.07, 6.45) is 2.09. The minimum atomic E-state index is 0.346. The molecule has 2 aromatic rings. The summed E-state index contributed by atoms with van der Waals surface area (Å²) < 4.78 is 6.71. The van der Waals surface area contributed by atoms with Crippen LogP contribution >= 0.6 is 15.9 Å². The summed E-state index contributed by atoms with van der Waals surface area (Å²) in [6.45, 7) is 4.01. The molecule has 0 aromatic heterocycles. The minimum Gasteiger partial charge on any atom is -0.493 e. The molecular weight excluding hydrogens is 326 g/mol. The summed E-state index contributed by atoms with van der Waals surface area (Å²) in [6, 6.07) is 15.3. The largest absolute Gasteiger partial charge is 0.493 e. The number of hydrogen-bond donors (Lipinski definition) is 1. The Kier molecular flexibility index (Phi) is 4.61. The SMILES string of the molecule is C[C@@H](NCCc1ccc2c(c1)CCO2)c1ccccc1Br. The average Bonchev–Trinajstić information content (AvgIpc) is 2.95. The smallest absolute Gasteiger partial charge is 0.122 e. The lowest BCUT2D eigenvalue weighted by atomic mass is 10.1. The second-order valence-corrected chi connectivity index (χ2v) is 6.34. The van der Waals surface area contributed by atoms with Crippen LogP contribution in [0.2, 0.25) is 0 Å². The van der Waals surface area contributed by atoms with Gasteiger partial charge < -0.3 is 10.1 Å². The average molecular weight is 346 g/mol. The predicted molar refractivity (Wildman–Crippen MR) is 89.9 cm³/mol. The normalized spacial score (nSPS) is 14.6. The number of halogens is 1. The highest BCUT2D eigenvalue weighted by atomic mass is 79.9. The van der Waals surface area contributed by atoms with E-state index in [4.69, 9.17) is 4.74 Å². The van der Waals surface area contributed by atoms with Crippen molar-refractivity contribution in [1.82, 2.24) is 5.32 Å². The predicted octanol–water partition coefficient (Wildman–Crippen LogP) is 4.28. The third-order valence-electron chi connectivity index (χ3n) is 3.99. The van der Waals surface area contributed by atoms with Crippen LogP contribution in [0.1, 0.15) is 29.7 Å². The van der Waals surface area contributed by atoms with Crippen LogP contribution in [0, 0.1) is 0 Å². The van der Waals surface area contributed by atoms with Gasteiger partial charge in [0.15, 0.2) is 0 Å². The highest BCUT2D eigenvalue weighted by Crippen LogP contribution is 2.26. The Balaban J connectivity index is 1.55. The van der Waals surface area contributed by atoms with Crippen LogP contribution in [-0.2, 0) is 12.8 Å². The van der Waals surface area contributed by atoms with Crippen LogP contribution in [0.15, 0.2) is 46.9 Å². The Morgan fingerprint density at radius 2 is 2.10 bits per heavy atom. The molecule has 3 rings (SSSR count). The number of ether oxygens (including phenoxy) is 1. The van der Waals surface area contributed by atoms with Crippen LogP contribution in [0.4, 0.5) is 0 Å². The Bertz CT molecular complexity index is 626. The van der Waals surface area contributed by atoms with Gasteiger partial charge in [0.05, 0.1) is 6.61 Å². The summed E-state index contributed by atoms with van der Waals surface area (Å²) in [5.41, 5.74) is 4.04. The second kappa shape index (κ2) is 6.63. The standard InChI is InChI=1S/C18H20BrNO/c1-13(16-4-2-3-5-17(16)19)20-10-8-14-6-7-18-15(12-14)9-11-21-18/h2-7,12-13,20H,8-11H2,1H3/t13-/m1/s1. The van der Waals surface area contributed by atoms with Crippen molar-refractivity contribution < 1.29 is 4.74 Å². The molecule has 0 bridgehead atoms. The number of fused-ring (bicyclic) bond motifs is 1. The van der Waals surface area contributed by atoms with E-state index in [2.05, 4.69) is 64.6 Å². The molecule has 2 aromatic carbocycles. The Hall–Kier alpha value is -1.32. The van der Waals surface area contributed by atoms with E-state index < -0.39 is 0 Å². The maximum atomic E-state index is 5.55. The molecule has 0 saturated carbocycles. The number of nitrogens with one attached hydrogen (secondary N) is 1. The zero-order valence-electron chi connectivity index (χ0n) is 12.2. The van der Waals surface area contributed by atoms with Gasteiger partial charge >= 0.3 is 0 Å². The molecule has 1 heterocycles. The maximum Gasteiger partial charge on any atom is 0.122 e. The summed E-state index contributed by atoms with van der Waals surface area (Å²) in [4.78, 5) is 0. The number of rotatable bonds is 5. The highest BCUT2D eigenvalue weighted by molar-refractivity contribution is 9.10. The highest BCUT2D eigenvalue weighted by Gasteiger charge is 2.12. The zero-order valence-corrected chi connectivity index (χ0v) is 13.8. The van der Waals surface area contributed by atoms with E-state index in [-0.39, 0.29) is 0 Å². The number of benzene rings is 2. The fourth-order valence-electron chi connectivity index (χ4n) is 2.76. The first-order valence-electron chi connectivity index (χ1n) is 7.46. The molecule has 0 saturated heterocycles. The molecule has 1 N–H and O–H groups in total. The first kappa shape index (κ1) is 14.6. The maximum absolute atomic E-state index is 5.55. The van der Waals surface area contributed by atoms with Crippen molar-refractivity contribution in [3.8, 4) is 5.75 Å². The topological polar surface area (TPSA) is 21.3 Å². The van der Waals surface area contributed by atoms with E-state index in [1.807, 2.05) is 6.07 Å². The van der Waals surface area contributed by atoms with E-state index in [0.29, 0.717) is 6.04 Å². The molecule has 0 radical (unpaired) electrons. The Morgan fingerprint density at radius 3 is 2.95 bits per heavy atom. The molecule has 1 aliphatic rings. The van der Waals surface area contributed by atoms with Gasteiger partial charge in [-0.3, -0.25) is 0 Å². The second-order valence-electron chi connectivity index (χ2n) is 5.49. The van der Waals surface area contributed by atoms with Crippen molar-refractivity contribution in [3.05, 3.63) is 63.6 Å². The van der Waals surface area contributed by atoms with Gasteiger partial charge in [0.1, 0.15) is 5.75 Å². The van der Waals surface area contributed by atoms with Gasteiger partial charge in [0, 0.05) is 16.9 Å². The fraction of sp³-hybridized carbons (Fsp3) is 0.333. The first-order chi connectivity index (χ1) is 10.2. The molecule has 0 spiro atoms. The van der Waals surface area contributed by atoms with Crippen molar-refractivity contribution in [3.63, 3.8) is 0 Å². The molecule has 0 aliphatic carbocycles. The summed E-state index contributed by atoms with van der Waals surface area (Å²) in [5.74, 6) is 1.06. The van der Waals surface area contributed by atoms with Crippen molar-refractivity contribution in [2.24, 2.45) is 0 Å². The van der Waals surface area contributed by atoms with E-state index in [9.17, 15) is 0 Å². The molecule has 1 atom stereocenters. The molecule has 3 heteroatoms. The van der Waals surface area contributed by atoms with Crippen LogP contribution in [0.25, 0.3) is 0 Å². The molecule has 1 aliphatic heterocycles. The van der Waals surface area contributed by atoms with Crippen molar-refractivity contribution in [1.29, 1.82) is 0 Å². The van der Waals surface area contributed by atoms with Gasteiger partial charge in [0.2, 0.25) is 0 Å². The molecular formula is C18H20BrNO. The monoisotopic (exact) mass is 345 g/mol. The van der Waals surface area contributed by atoms with Crippen molar-refractivity contribution in [2.45, 2.75) is 25.8 Å². The van der Waals surface area contributed by atoms with Gasteiger partial charge in [-0.25, -0.2) is 0 Å². The van der Waals surface area contributed by atoms with Gasteiger partial charge in [-0.2, -0.15) is 0 Å². The first-order valence-corrected chi connectivity index (χ1v) is 8.26. The zero-order chi connectivity index (χ0) is 14.7. The molecule has 110 valence electrons. The number of hydrogen-bond acceptors (Lipinski definition) is 2. The van der Waals surface area contributed by atoms with Crippen LogP contribution in [0.5, 0.6) is 5.75 Å². The quantitative estimate of drug-likeness (QED) is 0.873. The van der Waals surface area contributed by atoms with Gasteiger partial charge in [0.25, 0.3) is 0 Å². The van der Waals surface area contributed by atoms with Crippen molar-refractivity contribution >= 4 is 15.9 Å². The van der Waals surface area contributed by atoms with Gasteiger partial charge in [-0.05, 0) is 48.7 Å². The molecule has 0 amide bonds. The van der Waals surface area contributed by atoms with E-state index in [1.54, 1.807) is 0 Å². The van der Waals surface area contributed by atoms with E-state index in [0.717, 1.165) is 31.7 Å². The molecule has 2 nitrogen and oxygen atoms in total. The fourth-order valence-corrected chi connectivity index (χ4v) is 3.39. The lowest BCUT2D eigenvalue weighted by Crippen LogP contribution is -2.21. The van der Waals surface area contributed by atoms with E-state index >= 15 is 0 Å². The minimum absolute atomic E-state index is 0.346. The summed E-state index contributed by atoms with van der Waals surface area (Å²) >= 11 is 3.61. The van der Waals surface area contributed by atoms with Gasteiger partial charge in [-0.15, -0.1) is 0 Å².